The Morgan fingerprint density at radius 2 is 2.50 bits per heavy atom. The van der Waals surface area contributed by atoms with Gasteiger partial charge in [-0.25, -0.2) is 4.99 Å². The van der Waals surface area contributed by atoms with E-state index in [-0.39, 0.29) is 4.48 Å². The smallest absolute Gasteiger partial charge is 0.202 e. The van der Waals surface area contributed by atoms with Crippen molar-refractivity contribution in [2.45, 2.75) is 13.8 Å². The molecular formula is C7H10N3+. The zero-order chi connectivity index (χ0) is 7.61. The van der Waals surface area contributed by atoms with Crippen LogP contribution in [0.1, 0.15) is 13.8 Å². The SMILES string of the molecule is CC[N+]1(C#N)C=CN=C1C. The number of hydrogen-bond donors (Lipinski definition) is 0. The Morgan fingerprint density at radius 1 is 1.80 bits per heavy atom. The Hall–Kier alpha value is -1.14. The van der Waals surface area contributed by atoms with Crippen molar-refractivity contribution in [2.24, 2.45) is 4.99 Å². The fraction of sp³-hybridized carbons (Fsp3) is 0.429. The van der Waals surface area contributed by atoms with Gasteiger partial charge in [0.15, 0.2) is 0 Å². The van der Waals surface area contributed by atoms with Gasteiger partial charge in [0.1, 0.15) is 12.7 Å². The molecule has 3 heteroatoms. The first kappa shape index (κ1) is 6.97. The second kappa shape index (κ2) is 2.24. The molecule has 0 amide bonds. The Kier molecular flexibility index (Phi) is 1.56. The molecule has 52 valence electrons. The van der Waals surface area contributed by atoms with E-state index in [2.05, 4.69) is 11.2 Å². The second-order valence-electron chi connectivity index (χ2n) is 2.26. The number of amidine groups is 1. The summed E-state index contributed by atoms with van der Waals surface area (Å²) in [5.41, 5.74) is 0. The molecule has 1 atom stereocenters. The molecular weight excluding hydrogens is 126 g/mol. The summed E-state index contributed by atoms with van der Waals surface area (Å²) in [5, 5.41) is 8.78. The molecule has 0 N–H and O–H groups in total. The summed E-state index contributed by atoms with van der Waals surface area (Å²) < 4.78 is 0.250. The van der Waals surface area contributed by atoms with Crippen molar-refractivity contribution in [3.63, 3.8) is 0 Å². The molecule has 3 nitrogen and oxygen atoms in total. The van der Waals surface area contributed by atoms with Gasteiger partial charge in [-0.05, 0) is 6.92 Å². The number of aliphatic imine (C=N–C) groups is 1. The zero-order valence-electron chi connectivity index (χ0n) is 6.20. The fourth-order valence-electron chi connectivity index (χ4n) is 0.977. The molecule has 1 aliphatic rings. The van der Waals surface area contributed by atoms with Crippen LogP contribution in [0.2, 0.25) is 0 Å². The monoisotopic (exact) mass is 136 g/mol. The highest BCUT2D eigenvalue weighted by atomic mass is 15.4. The molecule has 0 saturated carbocycles. The number of hydrogen-bond acceptors (Lipinski definition) is 2. The predicted molar refractivity (Wildman–Crippen MR) is 38.7 cm³/mol. The van der Waals surface area contributed by atoms with Gasteiger partial charge in [-0.3, -0.25) is 0 Å². The Balaban J connectivity index is 2.98. The van der Waals surface area contributed by atoms with Gasteiger partial charge >= 0.3 is 6.19 Å². The van der Waals surface area contributed by atoms with Gasteiger partial charge in [0, 0.05) is 6.92 Å². The lowest BCUT2D eigenvalue weighted by molar-refractivity contribution is -0.711. The molecule has 0 fully saturated rings. The van der Waals surface area contributed by atoms with Crippen LogP contribution in [0.5, 0.6) is 0 Å². The van der Waals surface area contributed by atoms with Gasteiger partial charge in [0.2, 0.25) is 5.84 Å². The molecule has 0 aromatic carbocycles. The third kappa shape index (κ3) is 0.739. The normalized spacial score (nSPS) is 29.9. The maximum absolute atomic E-state index is 8.78. The van der Waals surface area contributed by atoms with Gasteiger partial charge in [0.05, 0.1) is 6.20 Å². The molecule has 0 bridgehead atoms. The third-order valence-electron chi connectivity index (χ3n) is 1.84. The van der Waals surface area contributed by atoms with E-state index >= 15 is 0 Å². The van der Waals surface area contributed by atoms with Crippen LogP contribution in [0.25, 0.3) is 0 Å². The van der Waals surface area contributed by atoms with Gasteiger partial charge in [-0.2, -0.15) is 4.48 Å². The lowest BCUT2D eigenvalue weighted by Gasteiger charge is -2.17. The largest absolute Gasteiger partial charge is 0.320 e. The molecule has 0 aromatic heterocycles. The first-order valence-corrected chi connectivity index (χ1v) is 3.27. The molecule has 1 heterocycles. The summed E-state index contributed by atoms with van der Waals surface area (Å²) in [6.07, 6.45) is 5.68. The topological polar surface area (TPSA) is 36.1 Å². The molecule has 0 saturated heterocycles. The van der Waals surface area contributed by atoms with Crippen LogP contribution in [-0.4, -0.2) is 16.9 Å². The summed E-state index contributed by atoms with van der Waals surface area (Å²) in [7, 11) is 0. The van der Waals surface area contributed by atoms with E-state index in [9.17, 15) is 0 Å². The van der Waals surface area contributed by atoms with E-state index < -0.39 is 0 Å². The van der Waals surface area contributed by atoms with E-state index in [0.29, 0.717) is 0 Å². The summed E-state index contributed by atoms with van der Waals surface area (Å²) in [5.74, 6) is 0.852. The van der Waals surface area contributed by atoms with E-state index in [1.807, 2.05) is 13.8 Å². The molecule has 0 aromatic rings. The van der Waals surface area contributed by atoms with Crippen LogP contribution in [0.15, 0.2) is 17.4 Å². The van der Waals surface area contributed by atoms with Crippen LogP contribution in [0.4, 0.5) is 0 Å². The predicted octanol–water partition coefficient (Wildman–Crippen LogP) is 1.21. The first-order chi connectivity index (χ1) is 4.75. The minimum absolute atomic E-state index is 0.250. The number of quaternary nitrogens is 1. The maximum Gasteiger partial charge on any atom is 0.320 e. The average Bonchev–Trinajstić information content (AvgIpc) is 2.32. The van der Waals surface area contributed by atoms with Gasteiger partial charge in [-0.1, -0.05) is 0 Å². The molecule has 1 rings (SSSR count). The molecule has 0 aliphatic carbocycles. The zero-order valence-corrected chi connectivity index (χ0v) is 6.20. The molecule has 1 unspecified atom stereocenters. The van der Waals surface area contributed by atoms with Crippen LogP contribution in [-0.2, 0) is 0 Å². The van der Waals surface area contributed by atoms with Crippen molar-refractivity contribution in [1.29, 1.82) is 5.26 Å². The van der Waals surface area contributed by atoms with Crippen molar-refractivity contribution in [1.82, 2.24) is 0 Å². The van der Waals surface area contributed by atoms with Gasteiger partial charge < -0.3 is 0 Å². The summed E-state index contributed by atoms with van der Waals surface area (Å²) in [6.45, 7) is 4.59. The van der Waals surface area contributed by atoms with Crippen molar-refractivity contribution >= 4 is 5.84 Å². The summed E-state index contributed by atoms with van der Waals surface area (Å²) >= 11 is 0. The Bertz CT molecular complexity index is 234. The van der Waals surface area contributed by atoms with Crippen molar-refractivity contribution < 1.29 is 4.48 Å². The number of rotatable bonds is 1. The number of nitriles is 1. The minimum Gasteiger partial charge on any atom is -0.202 e. The third-order valence-corrected chi connectivity index (χ3v) is 1.84. The van der Waals surface area contributed by atoms with E-state index in [4.69, 9.17) is 5.26 Å². The highest BCUT2D eigenvalue weighted by molar-refractivity contribution is 5.76. The van der Waals surface area contributed by atoms with Crippen LogP contribution >= 0.6 is 0 Å². The quantitative estimate of drug-likeness (QED) is 0.394. The Labute approximate surface area is 60.5 Å². The van der Waals surface area contributed by atoms with Crippen LogP contribution in [0, 0.1) is 11.5 Å². The highest BCUT2D eigenvalue weighted by Crippen LogP contribution is 2.13. The van der Waals surface area contributed by atoms with Crippen molar-refractivity contribution in [3.8, 4) is 6.19 Å². The average molecular weight is 136 g/mol. The van der Waals surface area contributed by atoms with E-state index in [1.165, 1.54) is 0 Å². The molecule has 0 spiro atoms. The lowest BCUT2D eigenvalue weighted by Crippen LogP contribution is -2.39. The molecule has 0 radical (unpaired) electrons. The molecule has 10 heavy (non-hydrogen) atoms. The minimum atomic E-state index is 0.250. The van der Waals surface area contributed by atoms with Gasteiger partial charge in [0.25, 0.3) is 0 Å². The van der Waals surface area contributed by atoms with Gasteiger partial charge in [-0.15, -0.1) is 5.26 Å². The van der Waals surface area contributed by atoms with Crippen molar-refractivity contribution in [3.05, 3.63) is 12.4 Å². The van der Waals surface area contributed by atoms with Crippen LogP contribution in [0.3, 0.4) is 0 Å². The highest BCUT2D eigenvalue weighted by Gasteiger charge is 2.30. The number of nitrogens with zero attached hydrogens (tertiary/aromatic N) is 3. The summed E-state index contributed by atoms with van der Waals surface area (Å²) in [4.78, 5) is 4.02. The van der Waals surface area contributed by atoms with Crippen LogP contribution < -0.4 is 0 Å². The summed E-state index contributed by atoms with van der Waals surface area (Å²) in [6, 6.07) is 0. The Morgan fingerprint density at radius 3 is 2.70 bits per heavy atom. The van der Waals surface area contributed by atoms with Crippen molar-refractivity contribution in [2.75, 3.05) is 6.54 Å². The van der Waals surface area contributed by atoms with E-state index in [1.54, 1.807) is 12.4 Å². The first-order valence-electron chi connectivity index (χ1n) is 3.27. The second-order valence-corrected chi connectivity index (χ2v) is 2.26. The molecule has 1 aliphatic heterocycles. The maximum atomic E-state index is 8.78. The lowest BCUT2D eigenvalue weighted by atomic mass is 10.4. The standard InChI is InChI=1S/C7H10N3/c1-3-10(6-8)5-4-9-7(10)2/h4-5H,3H2,1-2H3/q+1. The van der Waals surface area contributed by atoms with E-state index in [0.717, 1.165) is 12.4 Å². The fourth-order valence-corrected chi connectivity index (χ4v) is 0.977.